The van der Waals surface area contributed by atoms with Crippen LogP contribution in [0.15, 0.2) is 42.5 Å². The van der Waals surface area contributed by atoms with E-state index in [1.165, 1.54) is 36.4 Å². The van der Waals surface area contributed by atoms with Gasteiger partial charge >= 0.3 is 0 Å². The number of nitro groups is 1. The van der Waals surface area contributed by atoms with Crippen molar-refractivity contribution in [1.29, 1.82) is 0 Å². The molecular weight excluding hydrogens is 332 g/mol. The van der Waals surface area contributed by atoms with E-state index >= 15 is 0 Å². The van der Waals surface area contributed by atoms with E-state index in [-0.39, 0.29) is 11.6 Å². The number of carbonyl (C=O) groups excluding carboxylic acids is 1. The van der Waals surface area contributed by atoms with Gasteiger partial charge in [-0.2, -0.15) is 0 Å². The third kappa shape index (κ3) is 3.57. The predicted molar refractivity (Wildman–Crippen MR) is 87.6 cm³/mol. The maximum Gasteiger partial charge on any atom is 0.295 e. The molecule has 2 aromatic rings. The molecule has 25 heavy (non-hydrogen) atoms. The number of nitrogens with zero attached hydrogens (tertiary/aromatic N) is 3. The van der Waals surface area contributed by atoms with Crippen LogP contribution in [0.25, 0.3) is 0 Å². The summed E-state index contributed by atoms with van der Waals surface area (Å²) in [7, 11) is 0. The zero-order valence-corrected chi connectivity index (χ0v) is 13.2. The number of halogens is 2. The molecule has 0 aliphatic carbocycles. The van der Waals surface area contributed by atoms with E-state index in [1.807, 2.05) is 0 Å². The number of piperazine rings is 1. The van der Waals surface area contributed by atoms with Gasteiger partial charge in [0.2, 0.25) is 0 Å². The van der Waals surface area contributed by atoms with Crippen LogP contribution >= 0.6 is 0 Å². The highest BCUT2D eigenvalue weighted by Crippen LogP contribution is 2.29. The molecule has 0 atom stereocenters. The largest absolute Gasteiger partial charge is 0.362 e. The first-order valence-electron chi connectivity index (χ1n) is 7.69. The van der Waals surface area contributed by atoms with Crippen molar-refractivity contribution in [3.63, 3.8) is 0 Å². The lowest BCUT2D eigenvalue weighted by molar-refractivity contribution is -0.384. The summed E-state index contributed by atoms with van der Waals surface area (Å²) in [4.78, 5) is 26.3. The number of nitro benzene ring substituents is 1. The van der Waals surface area contributed by atoms with E-state index in [2.05, 4.69) is 0 Å². The lowest BCUT2D eigenvalue weighted by Crippen LogP contribution is -2.49. The van der Waals surface area contributed by atoms with E-state index < -0.39 is 16.6 Å². The smallest absolute Gasteiger partial charge is 0.295 e. The van der Waals surface area contributed by atoms with Gasteiger partial charge in [0.05, 0.1) is 11.0 Å². The van der Waals surface area contributed by atoms with Crippen molar-refractivity contribution in [1.82, 2.24) is 4.90 Å². The normalized spacial score (nSPS) is 14.5. The maximum absolute atomic E-state index is 13.3. The van der Waals surface area contributed by atoms with Crippen molar-refractivity contribution < 1.29 is 18.5 Å². The van der Waals surface area contributed by atoms with E-state index in [9.17, 15) is 23.7 Å². The van der Waals surface area contributed by atoms with E-state index in [1.54, 1.807) is 9.80 Å². The molecule has 2 aromatic carbocycles. The molecule has 1 heterocycles. The first-order chi connectivity index (χ1) is 12.0. The van der Waals surface area contributed by atoms with Crippen LogP contribution in [-0.4, -0.2) is 41.9 Å². The summed E-state index contributed by atoms with van der Waals surface area (Å²) < 4.78 is 26.2. The Morgan fingerprint density at radius 1 is 0.960 bits per heavy atom. The van der Waals surface area contributed by atoms with Gasteiger partial charge in [0.25, 0.3) is 11.6 Å². The molecule has 1 fully saturated rings. The van der Waals surface area contributed by atoms with Gasteiger partial charge in [-0.1, -0.05) is 0 Å². The number of amides is 1. The Bertz CT molecular complexity index is 803. The third-order valence-electron chi connectivity index (χ3n) is 4.13. The average molecular weight is 347 g/mol. The fourth-order valence-corrected chi connectivity index (χ4v) is 2.84. The van der Waals surface area contributed by atoms with Crippen molar-refractivity contribution in [2.75, 3.05) is 31.1 Å². The molecule has 130 valence electrons. The van der Waals surface area contributed by atoms with Crippen molar-refractivity contribution >= 4 is 17.3 Å². The highest BCUT2D eigenvalue weighted by atomic mass is 19.1. The molecule has 0 saturated carbocycles. The molecular formula is C17H15F2N3O3. The Kier molecular flexibility index (Phi) is 4.60. The summed E-state index contributed by atoms with van der Waals surface area (Å²) in [6.07, 6.45) is 0. The summed E-state index contributed by atoms with van der Waals surface area (Å²) in [6, 6.07) is 8.76. The second-order valence-electron chi connectivity index (χ2n) is 5.68. The van der Waals surface area contributed by atoms with Crippen LogP contribution in [0.4, 0.5) is 20.2 Å². The van der Waals surface area contributed by atoms with Crippen molar-refractivity contribution in [3.05, 3.63) is 69.8 Å². The number of hydrogen-bond acceptors (Lipinski definition) is 4. The van der Waals surface area contributed by atoms with Gasteiger partial charge in [0, 0.05) is 31.7 Å². The first-order valence-corrected chi connectivity index (χ1v) is 7.69. The Morgan fingerprint density at radius 2 is 1.56 bits per heavy atom. The van der Waals surface area contributed by atoms with E-state index in [4.69, 9.17) is 0 Å². The quantitative estimate of drug-likeness (QED) is 0.633. The van der Waals surface area contributed by atoms with Gasteiger partial charge in [0.1, 0.15) is 17.3 Å². The molecule has 0 radical (unpaired) electrons. The fraction of sp³-hybridized carbons (Fsp3) is 0.235. The zero-order valence-electron chi connectivity index (χ0n) is 13.2. The number of carbonyl (C=O) groups is 1. The Balaban J connectivity index is 1.71. The van der Waals surface area contributed by atoms with Gasteiger partial charge in [-0.3, -0.25) is 14.9 Å². The lowest BCUT2D eigenvalue weighted by atomic mass is 10.1. The predicted octanol–water partition coefficient (Wildman–Crippen LogP) is 2.84. The summed E-state index contributed by atoms with van der Waals surface area (Å²) in [5.74, 6) is -1.29. The van der Waals surface area contributed by atoms with Gasteiger partial charge in [-0.15, -0.1) is 0 Å². The van der Waals surface area contributed by atoms with Gasteiger partial charge in [-0.25, -0.2) is 8.78 Å². The van der Waals surface area contributed by atoms with Crippen LogP contribution < -0.4 is 4.90 Å². The number of benzene rings is 2. The number of rotatable bonds is 3. The van der Waals surface area contributed by atoms with Gasteiger partial charge in [-0.05, 0) is 36.4 Å². The first kappa shape index (κ1) is 16.8. The molecule has 0 aromatic heterocycles. The molecule has 1 saturated heterocycles. The molecule has 0 bridgehead atoms. The zero-order chi connectivity index (χ0) is 18.0. The minimum absolute atomic E-state index is 0.215. The molecule has 1 aliphatic heterocycles. The topological polar surface area (TPSA) is 66.7 Å². The van der Waals surface area contributed by atoms with Gasteiger partial charge in [0.15, 0.2) is 0 Å². The van der Waals surface area contributed by atoms with Crippen LogP contribution in [0, 0.1) is 21.7 Å². The number of anilines is 1. The molecule has 0 spiro atoms. The molecule has 8 heteroatoms. The molecule has 3 rings (SSSR count). The highest BCUT2D eigenvalue weighted by Gasteiger charge is 2.26. The molecule has 0 unspecified atom stereocenters. The van der Waals surface area contributed by atoms with Crippen LogP contribution in [-0.2, 0) is 0 Å². The Hall–Kier alpha value is -3.03. The monoisotopic (exact) mass is 347 g/mol. The van der Waals surface area contributed by atoms with Gasteiger partial charge < -0.3 is 9.80 Å². The highest BCUT2D eigenvalue weighted by molar-refractivity contribution is 5.94. The third-order valence-corrected chi connectivity index (χ3v) is 4.13. The summed E-state index contributed by atoms with van der Waals surface area (Å²) >= 11 is 0. The molecule has 0 N–H and O–H groups in total. The SMILES string of the molecule is O=C(c1ccc(F)cc1)N1CCN(c2ccc(F)cc2[N+](=O)[O-])CC1. The summed E-state index contributed by atoms with van der Waals surface area (Å²) in [5, 5.41) is 11.1. The average Bonchev–Trinajstić information content (AvgIpc) is 2.62. The molecule has 1 amide bonds. The summed E-state index contributed by atoms with van der Waals surface area (Å²) in [5.41, 5.74) is 0.432. The van der Waals surface area contributed by atoms with E-state index in [0.717, 1.165) is 6.07 Å². The van der Waals surface area contributed by atoms with Crippen LogP contribution in [0.5, 0.6) is 0 Å². The summed E-state index contributed by atoms with van der Waals surface area (Å²) in [6.45, 7) is 1.51. The van der Waals surface area contributed by atoms with E-state index in [0.29, 0.717) is 37.4 Å². The van der Waals surface area contributed by atoms with Crippen LogP contribution in [0.1, 0.15) is 10.4 Å². The second kappa shape index (κ2) is 6.84. The minimum Gasteiger partial charge on any atom is -0.362 e. The number of hydrogen-bond donors (Lipinski definition) is 0. The van der Waals surface area contributed by atoms with Crippen molar-refractivity contribution in [2.45, 2.75) is 0 Å². The molecule has 1 aliphatic rings. The maximum atomic E-state index is 13.3. The molecule has 6 nitrogen and oxygen atoms in total. The lowest BCUT2D eigenvalue weighted by Gasteiger charge is -2.35. The fourth-order valence-electron chi connectivity index (χ4n) is 2.84. The standard InChI is InChI=1S/C17H15F2N3O3/c18-13-3-1-12(2-4-13)17(23)21-9-7-20(8-10-21)15-6-5-14(19)11-16(15)22(24)25/h1-6,11H,7-10H2. The Labute approximate surface area is 142 Å². The minimum atomic E-state index is -0.666. The van der Waals surface area contributed by atoms with Crippen LogP contribution in [0.2, 0.25) is 0 Å². The van der Waals surface area contributed by atoms with Crippen molar-refractivity contribution in [3.8, 4) is 0 Å². The van der Waals surface area contributed by atoms with Crippen LogP contribution in [0.3, 0.4) is 0 Å². The van der Waals surface area contributed by atoms with Crippen molar-refractivity contribution in [2.24, 2.45) is 0 Å². The second-order valence-corrected chi connectivity index (χ2v) is 5.68. The Morgan fingerprint density at radius 3 is 2.16 bits per heavy atom.